The maximum Gasteiger partial charge on any atom is 0.169 e. The van der Waals surface area contributed by atoms with Crippen LogP contribution in [0.15, 0.2) is 12.1 Å². The standard InChI is InChI=1S/C16H16F2N2O/c17-14-7-13(15(18)6-10(14)8-19)16(21)9-4-11-2-1-3-12(5-9)20-11/h6-7,9,11-12,20H,1-5H2. The van der Waals surface area contributed by atoms with Crippen LogP contribution >= 0.6 is 0 Å². The first kappa shape index (κ1) is 14.2. The molecule has 2 heterocycles. The van der Waals surface area contributed by atoms with Gasteiger partial charge in [0.15, 0.2) is 5.78 Å². The Labute approximate surface area is 122 Å². The van der Waals surface area contributed by atoms with E-state index in [0.29, 0.717) is 24.9 Å². The number of carbonyl (C=O) groups excluding carboxylic acids is 1. The number of piperidine rings is 2. The smallest absolute Gasteiger partial charge is 0.169 e. The lowest BCUT2D eigenvalue weighted by Crippen LogP contribution is -2.50. The molecule has 0 aromatic heterocycles. The van der Waals surface area contributed by atoms with Crippen molar-refractivity contribution in [3.05, 3.63) is 34.9 Å². The van der Waals surface area contributed by atoms with Crippen LogP contribution in [0.5, 0.6) is 0 Å². The third-order valence-electron chi connectivity index (χ3n) is 4.53. The van der Waals surface area contributed by atoms with Crippen LogP contribution in [0.25, 0.3) is 0 Å². The molecular weight excluding hydrogens is 274 g/mol. The van der Waals surface area contributed by atoms with Crippen molar-refractivity contribution in [2.75, 3.05) is 0 Å². The van der Waals surface area contributed by atoms with Gasteiger partial charge in [-0.2, -0.15) is 5.26 Å². The van der Waals surface area contributed by atoms with Gasteiger partial charge in [0.05, 0.1) is 11.1 Å². The highest BCUT2D eigenvalue weighted by Crippen LogP contribution is 2.32. The maximum atomic E-state index is 14.0. The summed E-state index contributed by atoms with van der Waals surface area (Å²) in [7, 11) is 0. The molecule has 0 radical (unpaired) electrons. The number of hydrogen-bond acceptors (Lipinski definition) is 3. The largest absolute Gasteiger partial charge is 0.311 e. The highest BCUT2D eigenvalue weighted by Gasteiger charge is 2.35. The minimum absolute atomic E-state index is 0.225. The van der Waals surface area contributed by atoms with Gasteiger partial charge >= 0.3 is 0 Å². The average Bonchev–Trinajstić information content (AvgIpc) is 2.48. The Kier molecular flexibility index (Phi) is 3.73. The molecule has 0 aliphatic carbocycles. The number of halogens is 2. The first-order chi connectivity index (χ1) is 10.1. The molecule has 5 heteroatoms. The molecule has 2 fully saturated rings. The highest BCUT2D eigenvalue weighted by atomic mass is 19.1. The molecule has 0 saturated carbocycles. The molecule has 110 valence electrons. The summed E-state index contributed by atoms with van der Waals surface area (Å²) in [4.78, 5) is 12.5. The van der Waals surface area contributed by atoms with Gasteiger partial charge in [-0.05, 0) is 37.8 Å². The lowest BCUT2D eigenvalue weighted by atomic mass is 9.77. The van der Waals surface area contributed by atoms with Crippen LogP contribution in [0.2, 0.25) is 0 Å². The number of ketones is 1. The number of rotatable bonds is 2. The van der Waals surface area contributed by atoms with E-state index >= 15 is 0 Å². The first-order valence-electron chi connectivity index (χ1n) is 7.28. The van der Waals surface area contributed by atoms with Crippen molar-refractivity contribution < 1.29 is 13.6 Å². The minimum atomic E-state index is -0.837. The molecule has 2 aliphatic heterocycles. The van der Waals surface area contributed by atoms with E-state index < -0.39 is 11.6 Å². The van der Waals surface area contributed by atoms with Crippen molar-refractivity contribution in [2.24, 2.45) is 5.92 Å². The van der Waals surface area contributed by atoms with Crippen molar-refractivity contribution in [1.82, 2.24) is 5.32 Å². The van der Waals surface area contributed by atoms with E-state index in [9.17, 15) is 13.6 Å². The van der Waals surface area contributed by atoms with Crippen molar-refractivity contribution in [3.8, 4) is 6.07 Å². The summed E-state index contributed by atoms with van der Waals surface area (Å²) in [6.45, 7) is 0. The number of nitrogens with zero attached hydrogens (tertiary/aromatic N) is 1. The van der Waals surface area contributed by atoms with E-state index in [-0.39, 0.29) is 22.8 Å². The van der Waals surface area contributed by atoms with Crippen LogP contribution in [-0.4, -0.2) is 17.9 Å². The fourth-order valence-electron chi connectivity index (χ4n) is 3.52. The van der Waals surface area contributed by atoms with Crippen molar-refractivity contribution >= 4 is 5.78 Å². The zero-order valence-corrected chi connectivity index (χ0v) is 11.5. The third-order valence-corrected chi connectivity index (χ3v) is 4.53. The van der Waals surface area contributed by atoms with E-state index in [0.717, 1.165) is 31.4 Å². The summed E-state index contributed by atoms with van der Waals surface area (Å²) < 4.78 is 27.6. The molecule has 3 nitrogen and oxygen atoms in total. The maximum absolute atomic E-state index is 14.0. The second-order valence-corrected chi connectivity index (χ2v) is 5.95. The monoisotopic (exact) mass is 290 g/mol. The SMILES string of the molecule is N#Cc1cc(F)c(C(=O)C2CC3CCCC(C2)N3)cc1F. The summed E-state index contributed by atoms with van der Waals surface area (Å²) in [6.07, 6.45) is 4.57. The van der Waals surface area contributed by atoms with Crippen LogP contribution in [0, 0.1) is 28.9 Å². The second-order valence-electron chi connectivity index (χ2n) is 5.95. The lowest BCUT2D eigenvalue weighted by Gasteiger charge is -2.39. The number of nitriles is 1. The van der Waals surface area contributed by atoms with Gasteiger partial charge in [0.2, 0.25) is 0 Å². The van der Waals surface area contributed by atoms with Gasteiger partial charge in [0.25, 0.3) is 0 Å². The fourth-order valence-corrected chi connectivity index (χ4v) is 3.52. The van der Waals surface area contributed by atoms with E-state index in [2.05, 4.69) is 5.32 Å². The predicted octanol–water partition coefficient (Wildman–Crippen LogP) is 2.94. The Balaban J connectivity index is 1.85. The summed E-state index contributed by atoms with van der Waals surface area (Å²) in [5, 5.41) is 12.2. The molecule has 0 spiro atoms. The Morgan fingerprint density at radius 1 is 1.19 bits per heavy atom. The highest BCUT2D eigenvalue weighted by molar-refractivity contribution is 5.98. The summed E-state index contributed by atoms with van der Waals surface area (Å²) in [5.74, 6) is -2.24. The fraction of sp³-hybridized carbons (Fsp3) is 0.500. The van der Waals surface area contributed by atoms with Crippen molar-refractivity contribution in [2.45, 2.75) is 44.2 Å². The van der Waals surface area contributed by atoms with Crippen LogP contribution in [0.4, 0.5) is 8.78 Å². The molecule has 2 aliphatic rings. The zero-order chi connectivity index (χ0) is 15.0. The Bertz CT molecular complexity index is 611. The van der Waals surface area contributed by atoms with Crippen LogP contribution < -0.4 is 5.32 Å². The van der Waals surface area contributed by atoms with E-state index in [1.807, 2.05) is 0 Å². The Morgan fingerprint density at radius 3 is 2.48 bits per heavy atom. The van der Waals surface area contributed by atoms with Gasteiger partial charge in [-0.15, -0.1) is 0 Å². The van der Waals surface area contributed by atoms with Gasteiger partial charge in [-0.25, -0.2) is 8.78 Å². The molecule has 2 saturated heterocycles. The van der Waals surface area contributed by atoms with Gasteiger partial charge in [0.1, 0.15) is 17.7 Å². The molecule has 2 unspecified atom stereocenters. The quantitative estimate of drug-likeness (QED) is 0.852. The van der Waals surface area contributed by atoms with Crippen LogP contribution in [0.1, 0.15) is 48.0 Å². The molecule has 0 amide bonds. The number of benzene rings is 1. The lowest BCUT2D eigenvalue weighted by molar-refractivity contribution is 0.0820. The topological polar surface area (TPSA) is 52.9 Å². The summed E-state index contributed by atoms with van der Waals surface area (Å²) >= 11 is 0. The molecule has 21 heavy (non-hydrogen) atoms. The number of nitrogens with one attached hydrogen (secondary N) is 1. The summed E-state index contributed by atoms with van der Waals surface area (Å²) in [5.41, 5.74) is -0.595. The predicted molar refractivity (Wildman–Crippen MR) is 72.7 cm³/mol. The molecule has 1 aromatic carbocycles. The van der Waals surface area contributed by atoms with E-state index in [1.54, 1.807) is 6.07 Å². The van der Waals surface area contributed by atoms with E-state index in [1.165, 1.54) is 0 Å². The van der Waals surface area contributed by atoms with Crippen LogP contribution in [-0.2, 0) is 0 Å². The van der Waals surface area contributed by atoms with Gasteiger partial charge in [-0.3, -0.25) is 4.79 Å². The van der Waals surface area contributed by atoms with Gasteiger partial charge < -0.3 is 5.32 Å². The van der Waals surface area contributed by atoms with Crippen molar-refractivity contribution in [1.29, 1.82) is 5.26 Å². The minimum Gasteiger partial charge on any atom is -0.311 e. The Hall–Kier alpha value is -1.80. The molecule has 2 bridgehead atoms. The molecule has 2 atom stereocenters. The Morgan fingerprint density at radius 2 is 1.86 bits per heavy atom. The number of fused-ring (bicyclic) bond motifs is 2. The molecule has 1 N–H and O–H groups in total. The average molecular weight is 290 g/mol. The van der Waals surface area contributed by atoms with Crippen LogP contribution in [0.3, 0.4) is 0 Å². The zero-order valence-electron chi connectivity index (χ0n) is 11.5. The molecular formula is C16H16F2N2O. The number of hydrogen-bond donors (Lipinski definition) is 1. The van der Waals surface area contributed by atoms with E-state index in [4.69, 9.17) is 5.26 Å². The summed E-state index contributed by atoms with van der Waals surface area (Å²) in [6, 6.07) is 3.86. The molecule has 3 rings (SSSR count). The third kappa shape index (κ3) is 2.68. The number of Topliss-reactive ketones (excluding diaryl/α,β-unsaturated/α-hetero) is 1. The normalized spacial score (nSPS) is 28.0. The second kappa shape index (κ2) is 5.53. The van der Waals surface area contributed by atoms with Crippen molar-refractivity contribution in [3.63, 3.8) is 0 Å². The number of carbonyl (C=O) groups is 1. The van der Waals surface area contributed by atoms with Gasteiger partial charge in [-0.1, -0.05) is 6.42 Å². The first-order valence-corrected chi connectivity index (χ1v) is 7.28. The van der Waals surface area contributed by atoms with Gasteiger partial charge in [0, 0.05) is 18.0 Å². The molecule has 1 aromatic rings.